The number of nitro groups is 1. The first-order valence-corrected chi connectivity index (χ1v) is 3.47. The minimum absolute atomic E-state index is 0.134. The quantitative estimate of drug-likeness (QED) is 0.338. The maximum absolute atomic E-state index is 10.1. The highest BCUT2D eigenvalue weighted by molar-refractivity contribution is 5.79. The number of hydrogen-bond donors (Lipinski definition) is 1. The highest BCUT2D eigenvalue weighted by atomic mass is 16.7. The van der Waals surface area contributed by atoms with E-state index in [1.165, 1.54) is 4.90 Å². The van der Waals surface area contributed by atoms with E-state index in [4.69, 9.17) is 11.2 Å². The van der Waals surface area contributed by atoms with Gasteiger partial charge in [-0.05, 0) is 0 Å². The van der Waals surface area contributed by atoms with Crippen molar-refractivity contribution < 1.29 is 9.77 Å². The lowest BCUT2D eigenvalue weighted by Gasteiger charge is -2.26. The van der Waals surface area contributed by atoms with Crippen molar-refractivity contribution in [2.45, 2.75) is 0 Å². The van der Waals surface area contributed by atoms with Gasteiger partial charge < -0.3 is 15.0 Å². The number of ether oxygens (including phenoxy) is 1. The number of nitrogens with zero attached hydrogens (tertiary/aromatic N) is 3. The van der Waals surface area contributed by atoms with Crippen molar-refractivity contribution in [2.24, 2.45) is 5.10 Å². The van der Waals surface area contributed by atoms with E-state index in [1.54, 1.807) is 0 Å². The minimum atomic E-state index is -0.781. The third-order valence-electron chi connectivity index (χ3n) is 1.34. The molecule has 0 aromatic heterocycles. The Kier molecular flexibility index (Phi) is 3.05. The van der Waals surface area contributed by atoms with Crippen molar-refractivity contribution in [3.05, 3.63) is 10.1 Å². The molecule has 0 unspecified atom stereocenters. The second-order valence-electron chi connectivity index (χ2n) is 2.22. The summed E-state index contributed by atoms with van der Waals surface area (Å²) in [4.78, 5) is 11.5. The predicted octanol–water partition coefficient (Wildman–Crippen LogP) is -0.996. The van der Waals surface area contributed by atoms with Crippen molar-refractivity contribution in [2.75, 3.05) is 20.0 Å². The summed E-state index contributed by atoms with van der Waals surface area (Å²) in [5.74, 6) is 2.48. The zero-order valence-electron chi connectivity index (χ0n) is 6.77. The number of guanidine groups is 1. The highest BCUT2D eigenvalue weighted by Crippen LogP contribution is 1.95. The van der Waals surface area contributed by atoms with Crippen LogP contribution in [0.1, 0.15) is 0 Å². The van der Waals surface area contributed by atoms with Gasteiger partial charge in [-0.25, -0.2) is 10.1 Å². The molecular formula is C6H8N4O3. The molecule has 1 heterocycles. The molecule has 13 heavy (non-hydrogen) atoms. The number of hydrogen-bond acceptors (Lipinski definition) is 3. The van der Waals surface area contributed by atoms with Crippen LogP contribution in [-0.4, -0.2) is 35.9 Å². The van der Waals surface area contributed by atoms with E-state index in [0.717, 1.165) is 0 Å². The van der Waals surface area contributed by atoms with Crippen molar-refractivity contribution >= 4 is 5.96 Å². The molecule has 0 radical (unpaired) electrons. The lowest BCUT2D eigenvalue weighted by Crippen LogP contribution is -2.49. The fourth-order valence-corrected chi connectivity index (χ4v) is 0.851. The molecule has 7 nitrogen and oxygen atoms in total. The normalized spacial score (nSPS) is 19.3. The van der Waals surface area contributed by atoms with E-state index in [9.17, 15) is 10.1 Å². The van der Waals surface area contributed by atoms with Crippen LogP contribution >= 0.6 is 0 Å². The van der Waals surface area contributed by atoms with Gasteiger partial charge in [0.2, 0.25) is 0 Å². The third kappa shape index (κ3) is 2.61. The summed E-state index contributed by atoms with van der Waals surface area (Å²) in [7, 11) is 0. The molecule has 1 rings (SSSR count). The van der Waals surface area contributed by atoms with Crippen LogP contribution in [-0.2, 0) is 4.74 Å². The van der Waals surface area contributed by atoms with Crippen LogP contribution in [0.3, 0.4) is 0 Å². The fourth-order valence-electron chi connectivity index (χ4n) is 0.851. The summed E-state index contributed by atoms with van der Waals surface area (Å²) in [5.41, 5.74) is 0. The largest absolute Gasteiger partial charge is 0.341 e. The molecule has 1 aliphatic rings. The molecule has 0 aliphatic carbocycles. The molecule has 0 atom stereocenters. The second kappa shape index (κ2) is 4.27. The predicted molar refractivity (Wildman–Crippen MR) is 43.9 cm³/mol. The zero-order valence-corrected chi connectivity index (χ0v) is 6.77. The van der Waals surface area contributed by atoms with Crippen LogP contribution in [0, 0.1) is 22.5 Å². The Morgan fingerprint density at radius 3 is 3.31 bits per heavy atom. The Bertz CT molecular complexity index is 270. The van der Waals surface area contributed by atoms with Crippen LogP contribution in [0.25, 0.3) is 0 Å². The summed E-state index contributed by atoms with van der Waals surface area (Å²) in [6.07, 6.45) is 5.05. The van der Waals surface area contributed by atoms with Gasteiger partial charge in [0.1, 0.15) is 18.6 Å². The first-order valence-electron chi connectivity index (χ1n) is 3.47. The van der Waals surface area contributed by atoms with Gasteiger partial charge >= 0.3 is 0 Å². The molecule has 0 amide bonds. The summed E-state index contributed by atoms with van der Waals surface area (Å²) >= 11 is 0. The van der Waals surface area contributed by atoms with E-state index >= 15 is 0 Å². The second-order valence-corrected chi connectivity index (χ2v) is 2.22. The van der Waals surface area contributed by atoms with Gasteiger partial charge in [0.15, 0.2) is 5.03 Å². The van der Waals surface area contributed by atoms with E-state index in [0.29, 0.717) is 0 Å². The molecule has 1 aliphatic heterocycles. The van der Waals surface area contributed by atoms with Crippen LogP contribution in [0.4, 0.5) is 0 Å². The van der Waals surface area contributed by atoms with Crippen molar-refractivity contribution in [1.29, 1.82) is 0 Å². The lowest BCUT2D eigenvalue weighted by atomic mass is 10.5. The zero-order chi connectivity index (χ0) is 9.68. The van der Waals surface area contributed by atoms with Gasteiger partial charge in [-0.1, -0.05) is 5.92 Å². The van der Waals surface area contributed by atoms with Gasteiger partial charge in [0, 0.05) is 0 Å². The minimum Gasteiger partial charge on any atom is -0.341 e. The Hall–Kier alpha value is -1.81. The van der Waals surface area contributed by atoms with Crippen LogP contribution in [0.5, 0.6) is 0 Å². The Morgan fingerprint density at radius 1 is 1.92 bits per heavy atom. The van der Waals surface area contributed by atoms with Gasteiger partial charge in [-0.2, -0.15) is 0 Å². The van der Waals surface area contributed by atoms with Crippen LogP contribution in [0.2, 0.25) is 0 Å². The summed E-state index contributed by atoms with van der Waals surface area (Å²) in [6.45, 7) is 0.636. The summed E-state index contributed by atoms with van der Waals surface area (Å²) in [5, 5.41) is 15.0. The van der Waals surface area contributed by atoms with Gasteiger partial charge in [0.25, 0.3) is 5.96 Å². The van der Waals surface area contributed by atoms with Crippen LogP contribution < -0.4 is 5.32 Å². The molecule has 1 N–H and O–H groups in total. The maximum Gasteiger partial charge on any atom is 0.275 e. The van der Waals surface area contributed by atoms with E-state index < -0.39 is 5.03 Å². The molecule has 0 spiro atoms. The lowest BCUT2D eigenvalue weighted by molar-refractivity contribution is -0.486. The Labute approximate surface area is 74.5 Å². The van der Waals surface area contributed by atoms with Gasteiger partial charge in [-0.3, -0.25) is 0 Å². The van der Waals surface area contributed by atoms with Gasteiger partial charge in [0.05, 0.1) is 6.54 Å². The summed E-state index contributed by atoms with van der Waals surface area (Å²) in [6, 6.07) is 0. The average molecular weight is 184 g/mol. The highest BCUT2D eigenvalue weighted by Gasteiger charge is 2.18. The average Bonchev–Trinajstić information content (AvgIpc) is 2.08. The van der Waals surface area contributed by atoms with Crippen molar-refractivity contribution in [3.8, 4) is 12.3 Å². The molecule has 0 saturated carbocycles. The van der Waals surface area contributed by atoms with E-state index in [2.05, 4.69) is 16.3 Å². The molecule has 7 heteroatoms. The summed E-state index contributed by atoms with van der Waals surface area (Å²) < 4.78 is 4.96. The SMILES string of the molecule is C#CCN1COCN/C1=N/[N+](=O)[O-]. The topological polar surface area (TPSA) is 80.0 Å². The molecular weight excluding hydrogens is 176 g/mol. The van der Waals surface area contributed by atoms with Crippen molar-refractivity contribution in [1.82, 2.24) is 10.2 Å². The molecule has 1 fully saturated rings. The molecule has 70 valence electrons. The van der Waals surface area contributed by atoms with Crippen molar-refractivity contribution in [3.63, 3.8) is 0 Å². The number of nitrogens with one attached hydrogen (secondary N) is 1. The van der Waals surface area contributed by atoms with E-state index in [1.807, 2.05) is 0 Å². The molecule has 0 aromatic rings. The first kappa shape index (κ1) is 9.28. The smallest absolute Gasteiger partial charge is 0.275 e. The standard InChI is InChI=1S/C6H8N4O3/c1-2-3-9-5-13-4-7-6(9)8-10(11)12/h1H,3-5H2,(H,7,8). The molecule has 0 aromatic carbocycles. The Morgan fingerprint density at radius 2 is 2.69 bits per heavy atom. The first-order chi connectivity index (χ1) is 6.24. The van der Waals surface area contributed by atoms with E-state index in [-0.39, 0.29) is 26.0 Å². The maximum atomic E-state index is 10.1. The number of hydrazone groups is 1. The third-order valence-corrected chi connectivity index (χ3v) is 1.34. The van der Waals surface area contributed by atoms with Gasteiger partial charge in [-0.15, -0.1) is 6.42 Å². The molecule has 0 bridgehead atoms. The molecule has 1 saturated heterocycles. The number of terminal acetylenes is 1. The number of rotatable bonds is 2. The van der Waals surface area contributed by atoms with Crippen LogP contribution in [0.15, 0.2) is 5.10 Å². The monoisotopic (exact) mass is 184 g/mol. The Balaban J connectivity index is 2.68. The fraction of sp³-hybridized carbons (Fsp3) is 0.500.